The van der Waals surface area contributed by atoms with Crippen LogP contribution in [-0.2, 0) is 26.3 Å². The summed E-state index contributed by atoms with van der Waals surface area (Å²) in [7, 11) is 0. The molecule has 43 heavy (non-hydrogen) atoms. The molecule has 10 heteroatoms. The highest BCUT2D eigenvalue weighted by Gasteiger charge is 2.54. The predicted molar refractivity (Wildman–Crippen MR) is 167 cm³/mol. The molecule has 0 bridgehead atoms. The van der Waals surface area contributed by atoms with Gasteiger partial charge >= 0.3 is 17.9 Å². The van der Waals surface area contributed by atoms with Crippen molar-refractivity contribution in [2.45, 2.75) is 60.0 Å². The molecule has 0 radical (unpaired) electrons. The maximum Gasteiger partial charge on any atom is 0.340 e. The first kappa shape index (κ1) is 31.4. The maximum absolute atomic E-state index is 13.4. The molecule has 2 heterocycles. The summed E-state index contributed by atoms with van der Waals surface area (Å²) in [5.41, 5.74) is -0.215. The molecule has 3 aromatic carbocycles. The summed E-state index contributed by atoms with van der Waals surface area (Å²) >= 11 is 16.9. The maximum atomic E-state index is 13.4. The van der Waals surface area contributed by atoms with Crippen LogP contribution in [0.2, 0.25) is 10.0 Å². The van der Waals surface area contributed by atoms with Gasteiger partial charge in [0.05, 0.1) is 26.4 Å². The zero-order valence-corrected chi connectivity index (χ0v) is 27.8. The summed E-state index contributed by atoms with van der Waals surface area (Å²) in [6.45, 7) is 10.4. The van der Waals surface area contributed by atoms with Crippen LogP contribution in [0.15, 0.2) is 42.5 Å². The molecule has 5 rings (SSSR count). The Balaban J connectivity index is 1.75. The molecule has 2 aliphatic heterocycles. The molecule has 3 aromatic rings. The Kier molecular flexibility index (Phi) is 8.12. The second-order valence-electron chi connectivity index (χ2n) is 12.7. The van der Waals surface area contributed by atoms with E-state index < -0.39 is 34.3 Å². The molecule has 2 aliphatic rings. The van der Waals surface area contributed by atoms with Gasteiger partial charge in [-0.05, 0) is 78.1 Å². The normalized spacial score (nSPS) is 14.8. The first-order valence-corrected chi connectivity index (χ1v) is 15.7. The van der Waals surface area contributed by atoms with Crippen LogP contribution >= 0.6 is 39.1 Å². The Morgan fingerprint density at radius 2 is 1.33 bits per heavy atom. The Hall–Kier alpha value is -3.07. The van der Waals surface area contributed by atoms with Crippen molar-refractivity contribution in [3.63, 3.8) is 0 Å². The number of ether oxygens (including phenoxy) is 4. The minimum Gasteiger partial charge on any atom is -0.456 e. The number of esters is 3. The number of halogens is 3. The van der Waals surface area contributed by atoms with Gasteiger partial charge < -0.3 is 18.9 Å². The largest absolute Gasteiger partial charge is 0.456 e. The molecule has 226 valence electrons. The molecule has 0 fully saturated rings. The van der Waals surface area contributed by atoms with E-state index in [1.54, 1.807) is 59.7 Å². The van der Waals surface area contributed by atoms with Crippen molar-refractivity contribution in [2.24, 2.45) is 10.8 Å². The molecule has 0 aliphatic carbocycles. The first-order chi connectivity index (χ1) is 20.1. The van der Waals surface area contributed by atoms with Gasteiger partial charge in [-0.1, -0.05) is 51.3 Å². The minimum absolute atomic E-state index is 0.0860. The van der Waals surface area contributed by atoms with E-state index >= 15 is 0 Å². The van der Waals surface area contributed by atoms with Crippen molar-refractivity contribution in [3.05, 3.63) is 80.3 Å². The van der Waals surface area contributed by atoms with E-state index in [1.165, 1.54) is 12.1 Å². The third kappa shape index (κ3) is 5.65. The number of aryl methyl sites for hydroxylation is 1. The molecule has 7 nitrogen and oxygen atoms in total. The Morgan fingerprint density at radius 3 is 1.79 bits per heavy atom. The van der Waals surface area contributed by atoms with E-state index in [-0.39, 0.29) is 33.0 Å². The van der Waals surface area contributed by atoms with Gasteiger partial charge in [0.1, 0.15) is 11.5 Å². The lowest BCUT2D eigenvalue weighted by molar-refractivity contribution is -0.143. The van der Waals surface area contributed by atoms with Crippen LogP contribution in [0, 0.1) is 10.8 Å². The van der Waals surface area contributed by atoms with Gasteiger partial charge in [-0.25, -0.2) is 4.79 Å². The fraction of sp³-hybridized carbons (Fsp3) is 0.364. The summed E-state index contributed by atoms with van der Waals surface area (Å²) in [6.07, 6.45) is 1.66. The van der Waals surface area contributed by atoms with Crippen LogP contribution in [-0.4, -0.2) is 23.2 Å². The van der Waals surface area contributed by atoms with Gasteiger partial charge in [0.15, 0.2) is 17.1 Å². The number of alkyl halides is 1. The standard InChI is InChI=1S/C33H31BrCl2O7/c1-31(2,3)29(38)41-26-15-24-20(13-22(26)35)33(19-12-17(8-7-11-34)9-10-18(19)28(37)43-33)21-14-23(36)27(16-25(21)40-24)42-30(39)32(4,5)6/h9-10,12-16H,7-8,11H2,1-6H3. The van der Waals surface area contributed by atoms with Crippen LogP contribution in [0.25, 0.3) is 0 Å². The van der Waals surface area contributed by atoms with E-state index in [4.69, 9.17) is 42.1 Å². The van der Waals surface area contributed by atoms with Gasteiger partial charge in [0, 0.05) is 34.2 Å². The lowest BCUT2D eigenvalue weighted by Gasteiger charge is -2.37. The topological polar surface area (TPSA) is 88.1 Å². The van der Waals surface area contributed by atoms with Crippen LogP contribution in [0.5, 0.6) is 23.0 Å². The van der Waals surface area contributed by atoms with Gasteiger partial charge in [-0.2, -0.15) is 0 Å². The fourth-order valence-electron chi connectivity index (χ4n) is 4.85. The van der Waals surface area contributed by atoms with Crippen LogP contribution in [0.1, 0.15) is 80.6 Å². The number of hydrogen-bond acceptors (Lipinski definition) is 7. The van der Waals surface area contributed by atoms with Crippen molar-refractivity contribution in [1.82, 2.24) is 0 Å². The summed E-state index contributed by atoms with van der Waals surface area (Å²) < 4.78 is 23.9. The first-order valence-electron chi connectivity index (χ1n) is 13.8. The average molecular weight is 690 g/mol. The lowest BCUT2D eigenvalue weighted by Crippen LogP contribution is -2.33. The number of carbonyl (C=O) groups is 3. The van der Waals surface area contributed by atoms with Gasteiger partial charge in [-0.3, -0.25) is 9.59 Å². The van der Waals surface area contributed by atoms with Crippen molar-refractivity contribution in [3.8, 4) is 23.0 Å². The molecule has 0 unspecified atom stereocenters. The average Bonchev–Trinajstić information content (AvgIpc) is 3.20. The summed E-state index contributed by atoms with van der Waals surface area (Å²) in [5, 5.41) is 1.08. The number of rotatable bonds is 5. The molecule has 1 spiro atoms. The second-order valence-corrected chi connectivity index (χ2v) is 14.3. The molecule has 0 atom stereocenters. The molecule has 0 amide bonds. The Labute approximate surface area is 268 Å². The molecule has 0 saturated heterocycles. The van der Waals surface area contributed by atoms with Gasteiger partial charge in [0.2, 0.25) is 0 Å². The smallest absolute Gasteiger partial charge is 0.340 e. The SMILES string of the molecule is CC(C)(C)C(=O)Oc1cc2c(cc1Cl)C1(OC(=O)c3ccc(CCCBr)cc31)c1cc(Cl)c(OC(=O)C(C)(C)C)cc1O2. The quantitative estimate of drug-likeness (QED) is 0.150. The van der Waals surface area contributed by atoms with Crippen LogP contribution in [0.4, 0.5) is 0 Å². The Bertz CT molecular complexity index is 1580. The molecule has 0 N–H and O–H groups in total. The number of fused-ring (bicyclic) bond motifs is 6. The summed E-state index contributed by atoms with van der Waals surface area (Å²) in [6, 6.07) is 11.8. The summed E-state index contributed by atoms with van der Waals surface area (Å²) in [4.78, 5) is 38.9. The van der Waals surface area contributed by atoms with E-state index in [0.717, 1.165) is 23.7 Å². The van der Waals surface area contributed by atoms with Crippen molar-refractivity contribution >= 4 is 57.0 Å². The van der Waals surface area contributed by atoms with Crippen LogP contribution in [0.3, 0.4) is 0 Å². The number of carbonyl (C=O) groups excluding carboxylic acids is 3. The highest BCUT2D eigenvalue weighted by molar-refractivity contribution is 9.09. The van der Waals surface area contributed by atoms with E-state index in [1.807, 2.05) is 12.1 Å². The third-order valence-corrected chi connectivity index (χ3v) is 8.36. The highest BCUT2D eigenvalue weighted by Crippen LogP contribution is 2.59. The van der Waals surface area contributed by atoms with Crippen LogP contribution < -0.4 is 14.2 Å². The van der Waals surface area contributed by atoms with Crippen molar-refractivity contribution in [1.29, 1.82) is 0 Å². The third-order valence-electron chi connectivity index (χ3n) is 7.20. The van der Waals surface area contributed by atoms with E-state index in [2.05, 4.69) is 15.9 Å². The van der Waals surface area contributed by atoms with E-state index in [0.29, 0.717) is 22.3 Å². The predicted octanol–water partition coefficient (Wildman–Crippen LogP) is 8.79. The zero-order valence-electron chi connectivity index (χ0n) is 24.7. The number of hydrogen-bond donors (Lipinski definition) is 0. The fourth-order valence-corrected chi connectivity index (χ4v) is 5.54. The monoisotopic (exact) mass is 688 g/mol. The van der Waals surface area contributed by atoms with Crippen molar-refractivity contribution < 1.29 is 33.3 Å². The summed E-state index contributed by atoms with van der Waals surface area (Å²) in [5.74, 6) is -0.841. The lowest BCUT2D eigenvalue weighted by atomic mass is 9.77. The second kappa shape index (κ2) is 11.1. The molecular formula is C33H31BrCl2O7. The van der Waals surface area contributed by atoms with Gasteiger partial charge in [0.25, 0.3) is 0 Å². The minimum atomic E-state index is -1.49. The van der Waals surface area contributed by atoms with Crippen molar-refractivity contribution in [2.75, 3.05) is 5.33 Å². The Morgan fingerprint density at radius 1 is 0.814 bits per heavy atom. The molecule has 0 saturated carbocycles. The van der Waals surface area contributed by atoms with Gasteiger partial charge in [-0.15, -0.1) is 0 Å². The molecular weight excluding hydrogens is 659 g/mol. The van der Waals surface area contributed by atoms with E-state index in [9.17, 15) is 14.4 Å². The zero-order chi connectivity index (χ0) is 31.5. The number of benzene rings is 3. The highest BCUT2D eigenvalue weighted by atomic mass is 79.9. The molecule has 0 aromatic heterocycles.